The number of hydrogen-bond donors (Lipinski definition) is 2. The Labute approximate surface area is 179 Å². The molecule has 0 aliphatic carbocycles. The van der Waals surface area contributed by atoms with Gasteiger partial charge in [0.15, 0.2) is 5.13 Å². The molecule has 1 saturated heterocycles. The van der Waals surface area contributed by atoms with Gasteiger partial charge in [0.2, 0.25) is 0 Å². The fourth-order valence-electron chi connectivity index (χ4n) is 2.56. The monoisotopic (exact) mass is 441 g/mol. The third kappa shape index (κ3) is 4.58. The van der Waals surface area contributed by atoms with Crippen molar-refractivity contribution < 1.29 is 14.0 Å². The minimum Gasteiger partial charge on any atom is -0.307 e. The molecule has 2 aromatic carbocycles. The molecule has 4 rings (SSSR count). The summed E-state index contributed by atoms with van der Waals surface area (Å²) in [5.74, 6) is -0.826. The van der Waals surface area contributed by atoms with Crippen molar-refractivity contribution in [2.75, 3.05) is 5.32 Å². The lowest BCUT2D eigenvalue weighted by Crippen LogP contribution is -2.17. The SMILES string of the molecule is O=C1NC(=S)S/C1=C\c1ccc(C(=O)Nc2nc(-c3ccc(F)cc3)cs2)cc1. The van der Waals surface area contributed by atoms with Crippen molar-refractivity contribution >= 4 is 62.7 Å². The van der Waals surface area contributed by atoms with E-state index in [1.807, 2.05) is 0 Å². The van der Waals surface area contributed by atoms with Gasteiger partial charge in [0, 0.05) is 16.5 Å². The van der Waals surface area contributed by atoms with Gasteiger partial charge < -0.3 is 5.32 Å². The number of halogens is 1. The van der Waals surface area contributed by atoms with Gasteiger partial charge in [0.05, 0.1) is 10.6 Å². The summed E-state index contributed by atoms with van der Waals surface area (Å²) >= 11 is 7.46. The van der Waals surface area contributed by atoms with Crippen LogP contribution in [0.1, 0.15) is 15.9 Å². The highest BCUT2D eigenvalue weighted by atomic mass is 32.2. The number of benzene rings is 2. The van der Waals surface area contributed by atoms with Crippen molar-refractivity contribution in [2.24, 2.45) is 0 Å². The van der Waals surface area contributed by atoms with E-state index in [2.05, 4.69) is 15.6 Å². The summed E-state index contributed by atoms with van der Waals surface area (Å²) in [4.78, 5) is 29.1. The standard InChI is InChI=1S/C20H12FN3O2S3/c21-14-7-5-12(6-8-14)15-10-28-19(22-15)23-17(25)13-3-1-11(2-4-13)9-16-18(26)24-20(27)29-16/h1-10H,(H,22,23,25)(H,24,26,27)/b16-9-. The van der Waals surface area contributed by atoms with E-state index in [9.17, 15) is 14.0 Å². The molecule has 0 saturated carbocycles. The molecule has 9 heteroatoms. The number of anilines is 1. The fourth-order valence-corrected chi connectivity index (χ4v) is 4.32. The first-order valence-electron chi connectivity index (χ1n) is 8.36. The Bertz CT molecular complexity index is 1140. The highest BCUT2D eigenvalue weighted by Crippen LogP contribution is 2.27. The Morgan fingerprint density at radius 3 is 2.52 bits per heavy atom. The maximum absolute atomic E-state index is 13.0. The highest BCUT2D eigenvalue weighted by Gasteiger charge is 2.21. The molecule has 29 heavy (non-hydrogen) atoms. The van der Waals surface area contributed by atoms with Crippen molar-refractivity contribution in [3.63, 3.8) is 0 Å². The fraction of sp³-hybridized carbons (Fsp3) is 0. The number of amides is 2. The second-order valence-electron chi connectivity index (χ2n) is 5.97. The second kappa shape index (κ2) is 8.24. The molecule has 1 fully saturated rings. The summed E-state index contributed by atoms with van der Waals surface area (Å²) in [5, 5.41) is 7.57. The minimum absolute atomic E-state index is 0.220. The Balaban J connectivity index is 1.44. The van der Waals surface area contributed by atoms with Crippen molar-refractivity contribution in [3.05, 3.63) is 75.8 Å². The summed E-state index contributed by atoms with van der Waals surface area (Å²) in [6, 6.07) is 12.9. The lowest BCUT2D eigenvalue weighted by atomic mass is 10.1. The first kappa shape index (κ1) is 19.4. The lowest BCUT2D eigenvalue weighted by molar-refractivity contribution is -0.115. The molecule has 3 aromatic rings. The van der Waals surface area contributed by atoms with E-state index in [1.165, 1.54) is 35.2 Å². The first-order valence-corrected chi connectivity index (χ1v) is 10.5. The molecular weight excluding hydrogens is 429 g/mol. The molecule has 0 bridgehead atoms. The summed E-state index contributed by atoms with van der Waals surface area (Å²) in [6.07, 6.45) is 1.72. The van der Waals surface area contributed by atoms with Crippen molar-refractivity contribution in [3.8, 4) is 11.3 Å². The van der Waals surface area contributed by atoms with Gasteiger partial charge in [-0.2, -0.15) is 0 Å². The number of carbonyl (C=O) groups excluding carboxylic acids is 2. The number of carbonyl (C=O) groups is 2. The summed E-state index contributed by atoms with van der Waals surface area (Å²) in [6.45, 7) is 0. The largest absolute Gasteiger partial charge is 0.307 e. The molecule has 0 spiro atoms. The maximum atomic E-state index is 13.0. The molecule has 144 valence electrons. The summed E-state index contributed by atoms with van der Waals surface area (Å²) in [5.41, 5.74) is 2.69. The van der Waals surface area contributed by atoms with Gasteiger partial charge in [-0.05, 0) is 48.0 Å². The number of aromatic nitrogens is 1. The van der Waals surface area contributed by atoms with Crippen LogP contribution in [-0.4, -0.2) is 21.1 Å². The predicted octanol–water partition coefficient (Wildman–Crippen LogP) is 4.69. The Kier molecular flexibility index (Phi) is 5.52. The Morgan fingerprint density at radius 2 is 1.86 bits per heavy atom. The van der Waals surface area contributed by atoms with Gasteiger partial charge in [-0.1, -0.05) is 36.1 Å². The summed E-state index contributed by atoms with van der Waals surface area (Å²) in [7, 11) is 0. The number of nitrogens with zero attached hydrogens (tertiary/aromatic N) is 1. The zero-order valence-corrected chi connectivity index (χ0v) is 17.1. The third-order valence-electron chi connectivity index (χ3n) is 3.98. The number of thiazole rings is 1. The van der Waals surface area contributed by atoms with Crippen LogP contribution in [0.3, 0.4) is 0 Å². The van der Waals surface area contributed by atoms with Gasteiger partial charge in [-0.25, -0.2) is 9.37 Å². The van der Waals surface area contributed by atoms with E-state index in [-0.39, 0.29) is 17.6 Å². The molecule has 1 aliphatic rings. The number of thiocarbonyl (C=S) groups is 1. The second-order valence-corrected chi connectivity index (χ2v) is 8.55. The maximum Gasteiger partial charge on any atom is 0.263 e. The molecule has 0 unspecified atom stereocenters. The molecule has 1 aliphatic heterocycles. The van der Waals surface area contributed by atoms with Gasteiger partial charge in [-0.15, -0.1) is 11.3 Å². The zero-order valence-electron chi connectivity index (χ0n) is 14.6. The van der Waals surface area contributed by atoms with E-state index >= 15 is 0 Å². The highest BCUT2D eigenvalue weighted by molar-refractivity contribution is 8.26. The van der Waals surface area contributed by atoms with Crippen molar-refractivity contribution in [1.82, 2.24) is 10.3 Å². The van der Waals surface area contributed by atoms with Crippen LogP contribution in [0.25, 0.3) is 17.3 Å². The van der Waals surface area contributed by atoms with Crippen LogP contribution in [-0.2, 0) is 4.79 Å². The zero-order chi connectivity index (χ0) is 20.4. The van der Waals surface area contributed by atoms with Gasteiger partial charge in [-0.3, -0.25) is 14.9 Å². The molecule has 0 radical (unpaired) electrons. The van der Waals surface area contributed by atoms with Gasteiger partial charge in [0.25, 0.3) is 11.8 Å². The Hall–Kier alpha value is -2.88. The van der Waals surface area contributed by atoms with Crippen LogP contribution >= 0.6 is 35.3 Å². The molecular formula is C20H12FN3O2S3. The molecule has 2 N–H and O–H groups in total. The normalized spacial score (nSPS) is 14.9. The van der Waals surface area contributed by atoms with Gasteiger partial charge in [0.1, 0.15) is 10.1 Å². The molecule has 2 amide bonds. The quantitative estimate of drug-likeness (QED) is 0.454. The van der Waals surface area contributed by atoms with Crippen LogP contribution in [0, 0.1) is 5.82 Å². The number of nitrogens with one attached hydrogen (secondary N) is 2. The molecule has 1 aromatic heterocycles. The van der Waals surface area contributed by atoms with E-state index in [0.29, 0.717) is 25.6 Å². The first-order chi connectivity index (χ1) is 14.0. The van der Waals surface area contributed by atoms with Crippen LogP contribution in [0.2, 0.25) is 0 Å². The van der Waals surface area contributed by atoms with Crippen molar-refractivity contribution in [2.45, 2.75) is 0 Å². The lowest BCUT2D eigenvalue weighted by Gasteiger charge is -2.03. The van der Waals surface area contributed by atoms with E-state index in [4.69, 9.17) is 12.2 Å². The number of hydrogen-bond acceptors (Lipinski definition) is 6. The van der Waals surface area contributed by atoms with Crippen LogP contribution in [0.15, 0.2) is 58.8 Å². The minimum atomic E-state index is -0.313. The molecule has 2 heterocycles. The summed E-state index contributed by atoms with van der Waals surface area (Å²) < 4.78 is 13.5. The average molecular weight is 442 g/mol. The molecule has 0 atom stereocenters. The van der Waals surface area contributed by atoms with Crippen LogP contribution in [0.5, 0.6) is 0 Å². The number of thioether (sulfide) groups is 1. The predicted molar refractivity (Wildman–Crippen MR) is 118 cm³/mol. The number of rotatable bonds is 4. The third-order valence-corrected chi connectivity index (χ3v) is 5.90. The van der Waals surface area contributed by atoms with E-state index in [0.717, 1.165) is 11.1 Å². The van der Waals surface area contributed by atoms with E-state index in [1.54, 1.807) is 47.9 Å². The van der Waals surface area contributed by atoms with Gasteiger partial charge >= 0.3 is 0 Å². The van der Waals surface area contributed by atoms with Crippen LogP contribution in [0.4, 0.5) is 9.52 Å². The smallest absolute Gasteiger partial charge is 0.263 e. The van der Waals surface area contributed by atoms with E-state index < -0.39 is 0 Å². The average Bonchev–Trinajstić information content (AvgIpc) is 3.29. The molecule has 5 nitrogen and oxygen atoms in total. The van der Waals surface area contributed by atoms with Crippen molar-refractivity contribution in [1.29, 1.82) is 0 Å². The Morgan fingerprint density at radius 1 is 1.14 bits per heavy atom. The topological polar surface area (TPSA) is 71.1 Å². The van der Waals surface area contributed by atoms with Crippen LogP contribution < -0.4 is 10.6 Å².